The molecule has 1 unspecified atom stereocenters. The average molecular weight is 389 g/mol. The number of ether oxygens (including phenoxy) is 1. The Morgan fingerprint density at radius 3 is 2.32 bits per heavy atom. The van der Waals surface area contributed by atoms with Gasteiger partial charge in [-0.15, -0.1) is 0 Å². The highest BCUT2D eigenvalue weighted by atomic mass is 19.3. The molecule has 0 saturated carbocycles. The Hall–Kier alpha value is -2.47. The number of halogens is 2. The number of carbonyl (C=O) groups excluding carboxylic acids is 1. The van der Waals surface area contributed by atoms with Crippen LogP contribution in [0.3, 0.4) is 0 Å². The van der Waals surface area contributed by atoms with E-state index in [0.29, 0.717) is 25.9 Å². The predicted molar refractivity (Wildman–Crippen MR) is 102 cm³/mol. The van der Waals surface area contributed by atoms with Crippen molar-refractivity contribution in [2.75, 3.05) is 13.1 Å². The SMILES string of the molecule is O=C(CCc1ccc(OC(F)F)cc1)N1CCC(C(O)c2ccccc2)CC1. The van der Waals surface area contributed by atoms with Crippen molar-refractivity contribution in [2.24, 2.45) is 5.92 Å². The second-order valence-electron chi connectivity index (χ2n) is 7.10. The number of amides is 1. The Bertz CT molecular complexity index is 744. The molecule has 1 atom stereocenters. The fourth-order valence-corrected chi connectivity index (χ4v) is 3.63. The third-order valence-electron chi connectivity index (χ3n) is 5.26. The zero-order valence-corrected chi connectivity index (χ0v) is 15.6. The minimum absolute atomic E-state index is 0.0838. The maximum Gasteiger partial charge on any atom is 0.387 e. The van der Waals surface area contributed by atoms with Crippen LogP contribution >= 0.6 is 0 Å². The normalized spacial score (nSPS) is 16.2. The maximum absolute atomic E-state index is 12.5. The Balaban J connectivity index is 1.44. The summed E-state index contributed by atoms with van der Waals surface area (Å²) in [7, 11) is 0. The summed E-state index contributed by atoms with van der Waals surface area (Å²) in [5.74, 6) is 0.360. The van der Waals surface area contributed by atoms with Gasteiger partial charge in [0.25, 0.3) is 0 Å². The Kier molecular flexibility index (Phi) is 6.98. The summed E-state index contributed by atoms with van der Waals surface area (Å²) in [5.41, 5.74) is 1.83. The van der Waals surface area contributed by atoms with Crippen LogP contribution in [0.15, 0.2) is 54.6 Å². The van der Waals surface area contributed by atoms with Gasteiger partial charge < -0.3 is 14.7 Å². The topological polar surface area (TPSA) is 49.8 Å². The van der Waals surface area contributed by atoms with Crippen LogP contribution in [0.4, 0.5) is 8.78 Å². The van der Waals surface area contributed by atoms with Crippen molar-refractivity contribution in [2.45, 2.75) is 38.4 Å². The smallest absolute Gasteiger partial charge is 0.387 e. The molecule has 1 amide bonds. The van der Waals surface area contributed by atoms with E-state index in [4.69, 9.17) is 0 Å². The number of likely N-dealkylation sites (tertiary alicyclic amines) is 1. The Morgan fingerprint density at radius 1 is 1.07 bits per heavy atom. The summed E-state index contributed by atoms with van der Waals surface area (Å²) >= 11 is 0. The van der Waals surface area contributed by atoms with Gasteiger partial charge in [0.2, 0.25) is 5.91 Å². The van der Waals surface area contributed by atoms with E-state index in [0.717, 1.165) is 24.0 Å². The second-order valence-corrected chi connectivity index (χ2v) is 7.10. The maximum atomic E-state index is 12.5. The number of benzene rings is 2. The van der Waals surface area contributed by atoms with Crippen LogP contribution in [0.25, 0.3) is 0 Å². The van der Waals surface area contributed by atoms with Crippen molar-refractivity contribution in [1.82, 2.24) is 4.90 Å². The molecule has 1 N–H and O–H groups in total. The van der Waals surface area contributed by atoms with Crippen molar-refractivity contribution >= 4 is 5.91 Å². The first-order valence-corrected chi connectivity index (χ1v) is 9.57. The van der Waals surface area contributed by atoms with E-state index in [1.807, 2.05) is 35.2 Å². The van der Waals surface area contributed by atoms with E-state index in [-0.39, 0.29) is 17.6 Å². The molecule has 4 nitrogen and oxygen atoms in total. The van der Waals surface area contributed by atoms with Gasteiger partial charge in [-0.3, -0.25) is 4.79 Å². The number of alkyl halides is 2. The van der Waals surface area contributed by atoms with Crippen LogP contribution < -0.4 is 4.74 Å². The van der Waals surface area contributed by atoms with Gasteiger partial charge in [0.15, 0.2) is 0 Å². The van der Waals surface area contributed by atoms with Crippen molar-refractivity contribution in [1.29, 1.82) is 0 Å². The molecule has 2 aromatic carbocycles. The number of carbonyl (C=O) groups is 1. The molecule has 1 aliphatic heterocycles. The molecule has 0 spiro atoms. The highest BCUT2D eigenvalue weighted by molar-refractivity contribution is 5.76. The lowest BCUT2D eigenvalue weighted by atomic mass is 9.87. The van der Waals surface area contributed by atoms with E-state index < -0.39 is 12.7 Å². The molecule has 150 valence electrons. The molecule has 2 aromatic rings. The lowest BCUT2D eigenvalue weighted by Crippen LogP contribution is -2.39. The standard InChI is InChI=1S/C22H25F2NO3/c23-22(24)28-19-9-6-16(7-10-19)8-11-20(26)25-14-12-18(13-15-25)21(27)17-4-2-1-3-5-17/h1-7,9-10,18,21-22,27H,8,11-15H2. The molecule has 1 aliphatic rings. The molecule has 1 heterocycles. The molecule has 28 heavy (non-hydrogen) atoms. The number of aryl methyl sites for hydroxylation is 1. The highest BCUT2D eigenvalue weighted by Crippen LogP contribution is 2.30. The monoisotopic (exact) mass is 389 g/mol. The first-order valence-electron chi connectivity index (χ1n) is 9.57. The summed E-state index contributed by atoms with van der Waals surface area (Å²) in [4.78, 5) is 14.3. The number of piperidine rings is 1. The number of aliphatic hydroxyl groups excluding tert-OH is 1. The molecule has 0 radical (unpaired) electrons. The van der Waals surface area contributed by atoms with Gasteiger partial charge in [-0.1, -0.05) is 42.5 Å². The van der Waals surface area contributed by atoms with E-state index in [9.17, 15) is 18.7 Å². The minimum atomic E-state index is -2.84. The average Bonchev–Trinajstić information content (AvgIpc) is 2.73. The summed E-state index contributed by atoms with van der Waals surface area (Å²) in [6.07, 6.45) is 2.00. The van der Waals surface area contributed by atoms with E-state index in [1.165, 1.54) is 12.1 Å². The van der Waals surface area contributed by atoms with Crippen LogP contribution in [0, 0.1) is 5.92 Å². The van der Waals surface area contributed by atoms with Gasteiger partial charge in [0, 0.05) is 19.5 Å². The first kappa shape index (κ1) is 20.3. The molecule has 6 heteroatoms. The molecular weight excluding hydrogens is 364 g/mol. The fraction of sp³-hybridized carbons (Fsp3) is 0.409. The number of nitrogens with zero attached hydrogens (tertiary/aromatic N) is 1. The van der Waals surface area contributed by atoms with Gasteiger partial charge in [-0.25, -0.2) is 0 Å². The van der Waals surface area contributed by atoms with Gasteiger partial charge in [-0.05, 0) is 48.4 Å². The Labute approximate surface area is 163 Å². The van der Waals surface area contributed by atoms with Gasteiger partial charge in [0.1, 0.15) is 5.75 Å². The van der Waals surface area contributed by atoms with Crippen LogP contribution in [-0.4, -0.2) is 35.6 Å². The molecule has 3 rings (SSSR count). The first-order chi connectivity index (χ1) is 13.5. The molecular formula is C22H25F2NO3. The quantitative estimate of drug-likeness (QED) is 0.772. The van der Waals surface area contributed by atoms with Crippen molar-refractivity contribution in [3.63, 3.8) is 0 Å². The lowest BCUT2D eigenvalue weighted by molar-refractivity contribution is -0.133. The van der Waals surface area contributed by atoms with Crippen LogP contribution in [0.1, 0.15) is 36.5 Å². The van der Waals surface area contributed by atoms with Crippen molar-refractivity contribution < 1.29 is 23.4 Å². The highest BCUT2D eigenvalue weighted by Gasteiger charge is 2.28. The summed E-state index contributed by atoms with van der Waals surface area (Å²) in [6.45, 7) is -1.54. The Morgan fingerprint density at radius 2 is 1.71 bits per heavy atom. The van der Waals surface area contributed by atoms with Crippen LogP contribution in [0.2, 0.25) is 0 Å². The van der Waals surface area contributed by atoms with Crippen LogP contribution in [0.5, 0.6) is 5.75 Å². The third kappa shape index (κ3) is 5.52. The predicted octanol–water partition coefficient (Wildman–Crippen LogP) is 4.19. The largest absolute Gasteiger partial charge is 0.435 e. The summed E-state index contributed by atoms with van der Waals surface area (Å²) < 4.78 is 28.7. The van der Waals surface area contributed by atoms with Crippen molar-refractivity contribution in [3.8, 4) is 5.75 Å². The van der Waals surface area contributed by atoms with Crippen molar-refractivity contribution in [3.05, 3.63) is 65.7 Å². The lowest BCUT2D eigenvalue weighted by Gasteiger charge is -2.34. The molecule has 0 aromatic heterocycles. The second kappa shape index (κ2) is 9.64. The van der Waals surface area contributed by atoms with Gasteiger partial charge >= 0.3 is 6.61 Å². The number of hydrogen-bond acceptors (Lipinski definition) is 3. The van der Waals surface area contributed by atoms with E-state index in [1.54, 1.807) is 12.1 Å². The molecule has 1 saturated heterocycles. The van der Waals surface area contributed by atoms with Gasteiger partial charge in [-0.2, -0.15) is 8.78 Å². The number of hydrogen-bond donors (Lipinski definition) is 1. The van der Waals surface area contributed by atoms with E-state index in [2.05, 4.69) is 4.74 Å². The summed E-state index contributed by atoms with van der Waals surface area (Å²) in [6, 6.07) is 16.0. The third-order valence-corrected chi connectivity index (χ3v) is 5.26. The molecule has 0 bridgehead atoms. The molecule has 1 fully saturated rings. The molecule has 0 aliphatic carbocycles. The van der Waals surface area contributed by atoms with E-state index >= 15 is 0 Å². The minimum Gasteiger partial charge on any atom is -0.435 e. The zero-order valence-electron chi connectivity index (χ0n) is 15.6. The van der Waals surface area contributed by atoms with Crippen LogP contribution in [-0.2, 0) is 11.2 Å². The van der Waals surface area contributed by atoms with Gasteiger partial charge in [0.05, 0.1) is 6.10 Å². The number of aliphatic hydroxyl groups is 1. The zero-order chi connectivity index (χ0) is 19.9. The number of rotatable bonds is 7. The fourth-order valence-electron chi connectivity index (χ4n) is 3.63. The summed E-state index contributed by atoms with van der Waals surface area (Å²) in [5, 5.41) is 10.5.